The van der Waals surface area contributed by atoms with Crippen molar-refractivity contribution in [2.45, 2.75) is 6.61 Å². The van der Waals surface area contributed by atoms with Crippen LogP contribution >= 0.6 is 11.6 Å². The molecule has 1 heterocycles. The highest BCUT2D eigenvalue weighted by Crippen LogP contribution is 2.07. The minimum absolute atomic E-state index is 0.119. The predicted octanol–water partition coefficient (Wildman–Crippen LogP) is 1.13. The Labute approximate surface area is 65.2 Å². The van der Waals surface area contributed by atoms with Crippen molar-refractivity contribution in [2.75, 3.05) is 0 Å². The summed E-state index contributed by atoms with van der Waals surface area (Å²) in [6, 6.07) is 0. The van der Waals surface area contributed by atoms with Gasteiger partial charge in [0.25, 0.3) is 5.88 Å². The maximum atomic E-state index is 11.5. The lowest BCUT2D eigenvalue weighted by Gasteiger charge is -1.99. The number of rotatable bonds is 2. The van der Waals surface area contributed by atoms with Crippen molar-refractivity contribution in [1.82, 2.24) is 15.2 Å². The molecule has 7 heteroatoms. The van der Waals surface area contributed by atoms with Gasteiger partial charge in [0.15, 0.2) is 0 Å². The topological polar surface area (TPSA) is 47.9 Å². The van der Waals surface area contributed by atoms with E-state index in [-0.39, 0.29) is 11.2 Å². The molecule has 0 spiro atoms. The standard InChI is InChI=1S/C4H2ClF2N3O/c5-3-8-1-2(9-10-3)11-4(6)7/h1,4H. The number of hydrogen-bond donors (Lipinski definition) is 0. The number of nitrogens with zero attached hydrogens (tertiary/aromatic N) is 3. The Bertz CT molecular complexity index is 229. The smallest absolute Gasteiger partial charge is 0.388 e. The average Bonchev–Trinajstić information content (AvgIpc) is 1.93. The number of alkyl halides is 2. The molecule has 0 saturated heterocycles. The molecule has 60 valence electrons. The van der Waals surface area contributed by atoms with Crippen LogP contribution in [-0.4, -0.2) is 21.8 Å². The zero-order valence-electron chi connectivity index (χ0n) is 5.04. The van der Waals surface area contributed by atoms with Gasteiger partial charge in [0.2, 0.25) is 5.28 Å². The van der Waals surface area contributed by atoms with Crippen molar-refractivity contribution in [2.24, 2.45) is 0 Å². The van der Waals surface area contributed by atoms with Gasteiger partial charge in [-0.1, -0.05) is 0 Å². The van der Waals surface area contributed by atoms with Crippen LogP contribution in [0.3, 0.4) is 0 Å². The first-order valence-corrected chi connectivity index (χ1v) is 2.86. The second-order valence-corrected chi connectivity index (χ2v) is 1.78. The molecule has 0 aliphatic rings. The zero-order chi connectivity index (χ0) is 8.27. The van der Waals surface area contributed by atoms with Gasteiger partial charge < -0.3 is 4.74 Å². The summed E-state index contributed by atoms with van der Waals surface area (Å²) in [5, 5.41) is 6.23. The van der Waals surface area contributed by atoms with E-state index in [1.165, 1.54) is 0 Å². The third kappa shape index (κ3) is 2.58. The number of halogens is 3. The number of aromatic nitrogens is 3. The van der Waals surface area contributed by atoms with Crippen molar-refractivity contribution < 1.29 is 13.5 Å². The molecule has 1 rings (SSSR count). The maximum absolute atomic E-state index is 11.5. The van der Waals surface area contributed by atoms with Crippen LogP contribution in [0.4, 0.5) is 8.78 Å². The lowest BCUT2D eigenvalue weighted by atomic mass is 10.8. The summed E-state index contributed by atoms with van der Waals surface area (Å²) >= 11 is 5.22. The fourth-order valence-electron chi connectivity index (χ4n) is 0.396. The number of hydrogen-bond acceptors (Lipinski definition) is 4. The van der Waals surface area contributed by atoms with Gasteiger partial charge in [-0.15, -0.1) is 10.2 Å². The molecular formula is C4H2ClF2N3O. The van der Waals surface area contributed by atoms with Crippen LogP contribution in [0, 0.1) is 0 Å². The third-order valence-corrected chi connectivity index (χ3v) is 0.896. The van der Waals surface area contributed by atoms with Gasteiger partial charge in [-0.2, -0.15) is 8.78 Å². The van der Waals surface area contributed by atoms with E-state index in [0.29, 0.717) is 0 Å². The first kappa shape index (κ1) is 8.06. The third-order valence-electron chi connectivity index (χ3n) is 0.722. The SMILES string of the molecule is FC(F)Oc1cnc(Cl)nn1. The van der Waals surface area contributed by atoms with Gasteiger partial charge >= 0.3 is 6.61 Å². The van der Waals surface area contributed by atoms with Crippen LogP contribution in [0.5, 0.6) is 5.88 Å². The fourth-order valence-corrected chi connectivity index (χ4v) is 0.483. The molecule has 0 unspecified atom stereocenters. The molecule has 4 nitrogen and oxygen atoms in total. The highest BCUT2D eigenvalue weighted by Gasteiger charge is 2.05. The highest BCUT2D eigenvalue weighted by molar-refractivity contribution is 6.28. The van der Waals surface area contributed by atoms with Crippen molar-refractivity contribution >= 4 is 11.6 Å². The fraction of sp³-hybridized carbons (Fsp3) is 0.250. The average molecular weight is 182 g/mol. The van der Waals surface area contributed by atoms with E-state index in [1.54, 1.807) is 0 Å². The molecule has 11 heavy (non-hydrogen) atoms. The monoisotopic (exact) mass is 181 g/mol. The Balaban J connectivity index is 2.66. The summed E-state index contributed by atoms with van der Waals surface area (Å²) in [5.41, 5.74) is 0. The Morgan fingerprint density at radius 2 is 2.18 bits per heavy atom. The predicted molar refractivity (Wildman–Crippen MR) is 31.5 cm³/mol. The molecule has 0 fully saturated rings. The highest BCUT2D eigenvalue weighted by atomic mass is 35.5. The van der Waals surface area contributed by atoms with Crippen molar-refractivity contribution in [1.29, 1.82) is 0 Å². The Morgan fingerprint density at radius 3 is 2.64 bits per heavy atom. The molecule has 1 aromatic rings. The van der Waals surface area contributed by atoms with Crippen LogP contribution in [0.15, 0.2) is 6.20 Å². The molecule has 0 saturated carbocycles. The quantitative estimate of drug-likeness (QED) is 0.686. The van der Waals surface area contributed by atoms with E-state index < -0.39 is 6.61 Å². The molecule has 0 atom stereocenters. The first-order chi connectivity index (χ1) is 5.18. The molecule has 0 bridgehead atoms. The molecule has 1 aromatic heterocycles. The van der Waals surface area contributed by atoms with Crippen LogP contribution in [0.2, 0.25) is 5.28 Å². The summed E-state index contributed by atoms with van der Waals surface area (Å²) < 4.78 is 26.8. The summed E-state index contributed by atoms with van der Waals surface area (Å²) in [7, 11) is 0. The van der Waals surface area contributed by atoms with Crippen molar-refractivity contribution in [3.63, 3.8) is 0 Å². The lowest BCUT2D eigenvalue weighted by Crippen LogP contribution is -2.04. The van der Waals surface area contributed by atoms with Crippen LogP contribution < -0.4 is 4.74 Å². The largest absolute Gasteiger partial charge is 0.414 e. The van der Waals surface area contributed by atoms with Gasteiger partial charge in [0, 0.05) is 0 Å². The first-order valence-electron chi connectivity index (χ1n) is 2.48. The van der Waals surface area contributed by atoms with Gasteiger partial charge in [-0.25, -0.2) is 4.98 Å². The molecule has 0 amide bonds. The molecule has 0 aromatic carbocycles. The molecule has 0 N–H and O–H groups in total. The van der Waals surface area contributed by atoms with Crippen LogP contribution in [0.1, 0.15) is 0 Å². The van der Waals surface area contributed by atoms with E-state index in [9.17, 15) is 8.78 Å². The molecule has 0 aliphatic carbocycles. The van der Waals surface area contributed by atoms with Gasteiger partial charge in [0.1, 0.15) is 0 Å². The van der Waals surface area contributed by atoms with E-state index in [4.69, 9.17) is 11.6 Å². The van der Waals surface area contributed by atoms with E-state index in [2.05, 4.69) is 19.9 Å². The second-order valence-electron chi connectivity index (χ2n) is 1.44. The summed E-state index contributed by atoms with van der Waals surface area (Å²) in [6.07, 6.45) is 0.960. The normalized spacial score (nSPS) is 10.2. The van der Waals surface area contributed by atoms with E-state index in [0.717, 1.165) is 6.20 Å². The summed E-state index contributed by atoms with van der Waals surface area (Å²) in [4.78, 5) is 3.37. The minimum Gasteiger partial charge on any atom is -0.414 e. The zero-order valence-corrected chi connectivity index (χ0v) is 5.79. The van der Waals surface area contributed by atoms with Gasteiger partial charge in [0.05, 0.1) is 6.20 Å². The van der Waals surface area contributed by atoms with Crippen LogP contribution in [0.25, 0.3) is 0 Å². The number of ether oxygens (including phenoxy) is 1. The lowest BCUT2D eigenvalue weighted by molar-refractivity contribution is -0.0537. The second kappa shape index (κ2) is 3.38. The Kier molecular flexibility index (Phi) is 2.48. The summed E-state index contributed by atoms with van der Waals surface area (Å²) in [5.74, 6) is -0.357. The molecule has 0 radical (unpaired) electrons. The maximum Gasteiger partial charge on any atom is 0.388 e. The van der Waals surface area contributed by atoms with E-state index in [1.807, 2.05) is 0 Å². The Morgan fingerprint density at radius 1 is 1.45 bits per heavy atom. The van der Waals surface area contributed by atoms with Crippen molar-refractivity contribution in [3.8, 4) is 5.88 Å². The summed E-state index contributed by atoms with van der Waals surface area (Å²) in [6.45, 7) is -2.92. The molecular weight excluding hydrogens is 180 g/mol. The Hall–Kier alpha value is -1.04. The van der Waals surface area contributed by atoms with Gasteiger partial charge in [-0.3, -0.25) is 0 Å². The van der Waals surface area contributed by atoms with Crippen molar-refractivity contribution in [3.05, 3.63) is 11.5 Å². The molecule has 0 aliphatic heterocycles. The van der Waals surface area contributed by atoms with Gasteiger partial charge in [-0.05, 0) is 11.6 Å². The van der Waals surface area contributed by atoms with E-state index >= 15 is 0 Å². The van der Waals surface area contributed by atoms with Crippen LogP contribution in [-0.2, 0) is 0 Å². The minimum atomic E-state index is -2.92.